The molecule has 1 aromatic rings. The van der Waals surface area contributed by atoms with Gasteiger partial charge in [-0.25, -0.2) is 0 Å². The number of ether oxygens (including phenoxy) is 1. The Bertz CT molecular complexity index is 305. The smallest absolute Gasteiger partial charge is 0.106 e. The summed E-state index contributed by atoms with van der Waals surface area (Å²) in [5.74, 6) is 0. The van der Waals surface area contributed by atoms with Crippen molar-refractivity contribution in [2.75, 3.05) is 6.61 Å². The van der Waals surface area contributed by atoms with Crippen molar-refractivity contribution in [3.63, 3.8) is 0 Å². The van der Waals surface area contributed by atoms with Gasteiger partial charge in [0.15, 0.2) is 0 Å². The molecule has 2 rings (SSSR count). The maximum Gasteiger partial charge on any atom is 0.106 e. The molecule has 0 bridgehead atoms. The molecule has 14 heavy (non-hydrogen) atoms. The highest BCUT2D eigenvalue weighted by molar-refractivity contribution is 5.31. The van der Waals surface area contributed by atoms with Crippen molar-refractivity contribution in [1.29, 1.82) is 0 Å². The van der Waals surface area contributed by atoms with Crippen molar-refractivity contribution < 1.29 is 9.84 Å². The van der Waals surface area contributed by atoms with Gasteiger partial charge in [0.1, 0.15) is 6.10 Å². The summed E-state index contributed by atoms with van der Waals surface area (Å²) in [5.41, 5.74) is 2.48. The van der Waals surface area contributed by atoms with E-state index in [9.17, 15) is 5.11 Å². The van der Waals surface area contributed by atoms with Crippen molar-refractivity contribution in [3.05, 3.63) is 35.4 Å². The standard InChI is InChI=1S/C12H16O2/c1-2-10(13)7-9-5-3-4-6-11(9)12-8-14-12/h3-6,10,12-13H,2,7-8H2,1H3/t10?,12-/m1/s1. The summed E-state index contributed by atoms with van der Waals surface area (Å²) in [7, 11) is 0. The summed E-state index contributed by atoms with van der Waals surface area (Å²) in [5, 5.41) is 9.60. The van der Waals surface area contributed by atoms with Crippen LogP contribution in [0.15, 0.2) is 24.3 Å². The second kappa shape index (κ2) is 4.11. The normalized spacial score (nSPS) is 22.0. The van der Waals surface area contributed by atoms with Crippen LogP contribution in [0.2, 0.25) is 0 Å². The molecule has 1 unspecified atom stereocenters. The minimum Gasteiger partial charge on any atom is -0.393 e. The molecule has 0 aliphatic carbocycles. The summed E-state index contributed by atoms with van der Waals surface area (Å²) >= 11 is 0. The fraction of sp³-hybridized carbons (Fsp3) is 0.500. The Morgan fingerprint density at radius 1 is 1.50 bits per heavy atom. The molecular formula is C12H16O2. The van der Waals surface area contributed by atoms with Crippen LogP contribution >= 0.6 is 0 Å². The topological polar surface area (TPSA) is 32.8 Å². The molecule has 1 aliphatic rings. The van der Waals surface area contributed by atoms with E-state index in [4.69, 9.17) is 4.74 Å². The zero-order valence-electron chi connectivity index (χ0n) is 8.44. The molecule has 1 heterocycles. The molecule has 0 saturated carbocycles. The van der Waals surface area contributed by atoms with Crippen LogP contribution < -0.4 is 0 Å². The number of epoxide rings is 1. The molecule has 2 nitrogen and oxygen atoms in total. The zero-order valence-corrected chi connectivity index (χ0v) is 8.44. The Balaban J connectivity index is 2.14. The molecule has 1 aromatic carbocycles. The molecule has 0 radical (unpaired) electrons. The van der Waals surface area contributed by atoms with Gasteiger partial charge < -0.3 is 9.84 Å². The number of rotatable bonds is 4. The monoisotopic (exact) mass is 192 g/mol. The third-order valence-corrected chi connectivity index (χ3v) is 2.66. The highest BCUT2D eigenvalue weighted by Gasteiger charge is 2.27. The Hall–Kier alpha value is -0.860. The molecule has 0 aromatic heterocycles. The number of hydrogen-bond acceptors (Lipinski definition) is 2. The lowest BCUT2D eigenvalue weighted by Crippen LogP contribution is -2.09. The van der Waals surface area contributed by atoms with Gasteiger partial charge in [-0.1, -0.05) is 31.2 Å². The molecule has 1 N–H and O–H groups in total. The Kier molecular flexibility index (Phi) is 2.85. The minimum atomic E-state index is -0.227. The fourth-order valence-corrected chi connectivity index (χ4v) is 1.66. The minimum absolute atomic E-state index is 0.227. The van der Waals surface area contributed by atoms with Crippen LogP contribution in [-0.4, -0.2) is 17.8 Å². The first-order chi connectivity index (χ1) is 6.81. The summed E-state index contributed by atoms with van der Waals surface area (Å²) in [6.45, 7) is 2.83. The molecule has 76 valence electrons. The van der Waals surface area contributed by atoms with Crippen LogP contribution in [0, 0.1) is 0 Å². The van der Waals surface area contributed by atoms with Gasteiger partial charge in [0.2, 0.25) is 0 Å². The van der Waals surface area contributed by atoms with Gasteiger partial charge in [-0.2, -0.15) is 0 Å². The van der Waals surface area contributed by atoms with E-state index < -0.39 is 0 Å². The second-order valence-electron chi connectivity index (χ2n) is 3.79. The van der Waals surface area contributed by atoms with Crippen molar-refractivity contribution in [2.24, 2.45) is 0 Å². The highest BCUT2D eigenvalue weighted by atomic mass is 16.6. The van der Waals surface area contributed by atoms with E-state index >= 15 is 0 Å². The van der Waals surface area contributed by atoms with Crippen molar-refractivity contribution in [1.82, 2.24) is 0 Å². The molecule has 0 amide bonds. The summed E-state index contributed by atoms with van der Waals surface area (Å²) in [6, 6.07) is 8.22. The molecular weight excluding hydrogens is 176 g/mol. The van der Waals surface area contributed by atoms with Crippen molar-refractivity contribution in [2.45, 2.75) is 32.0 Å². The molecule has 2 atom stereocenters. The number of aliphatic hydroxyl groups is 1. The van der Waals surface area contributed by atoms with Gasteiger partial charge in [-0.15, -0.1) is 0 Å². The van der Waals surface area contributed by atoms with Crippen molar-refractivity contribution in [3.8, 4) is 0 Å². The largest absolute Gasteiger partial charge is 0.393 e. The lowest BCUT2D eigenvalue weighted by atomic mass is 9.99. The van der Waals surface area contributed by atoms with Crippen molar-refractivity contribution >= 4 is 0 Å². The molecule has 0 spiro atoms. The third-order valence-electron chi connectivity index (χ3n) is 2.66. The zero-order chi connectivity index (χ0) is 9.97. The van der Waals surface area contributed by atoms with E-state index in [1.54, 1.807) is 0 Å². The quantitative estimate of drug-likeness (QED) is 0.741. The summed E-state index contributed by atoms with van der Waals surface area (Å²) < 4.78 is 5.27. The molecule has 1 saturated heterocycles. The summed E-state index contributed by atoms with van der Waals surface area (Å²) in [4.78, 5) is 0. The summed E-state index contributed by atoms with van der Waals surface area (Å²) in [6.07, 6.45) is 1.61. The van der Waals surface area contributed by atoms with E-state index in [0.29, 0.717) is 0 Å². The van der Waals surface area contributed by atoms with E-state index in [-0.39, 0.29) is 12.2 Å². The van der Waals surface area contributed by atoms with Crippen LogP contribution in [0.5, 0.6) is 0 Å². The van der Waals surface area contributed by atoms with E-state index in [1.165, 1.54) is 11.1 Å². The van der Waals surface area contributed by atoms with E-state index in [2.05, 4.69) is 12.1 Å². The maximum atomic E-state index is 9.60. The Labute approximate surface area is 84.5 Å². The first-order valence-corrected chi connectivity index (χ1v) is 5.18. The van der Waals surface area contributed by atoms with Crippen LogP contribution in [0.4, 0.5) is 0 Å². The van der Waals surface area contributed by atoms with Gasteiger partial charge in [-0.05, 0) is 24.0 Å². The van der Waals surface area contributed by atoms with Crippen LogP contribution in [0.25, 0.3) is 0 Å². The van der Waals surface area contributed by atoms with Crippen LogP contribution in [0.3, 0.4) is 0 Å². The predicted octanol–water partition coefficient (Wildman–Crippen LogP) is 2.07. The maximum absolute atomic E-state index is 9.60. The first kappa shape index (κ1) is 9.69. The average molecular weight is 192 g/mol. The molecule has 2 heteroatoms. The van der Waals surface area contributed by atoms with Crippen LogP contribution in [-0.2, 0) is 11.2 Å². The Morgan fingerprint density at radius 3 is 2.86 bits per heavy atom. The lowest BCUT2D eigenvalue weighted by Gasteiger charge is -2.10. The second-order valence-corrected chi connectivity index (χ2v) is 3.79. The lowest BCUT2D eigenvalue weighted by molar-refractivity contribution is 0.170. The fourth-order valence-electron chi connectivity index (χ4n) is 1.66. The average Bonchev–Trinajstić information content (AvgIpc) is 3.02. The van der Waals surface area contributed by atoms with Gasteiger partial charge in [-0.3, -0.25) is 0 Å². The SMILES string of the molecule is CCC(O)Cc1ccccc1[C@H]1CO1. The van der Waals surface area contributed by atoms with Gasteiger partial charge in [0, 0.05) is 0 Å². The van der Waals surface area contributed by atoms with Gasteiger partial charge >= 0.3 is 0 Å². The van der Waals surface area contributed by atoms with E-state index in [1.807, 2.05) is 19.1 Å². The number of benzene rings is 1. The molecule has 1 aliphatic heterocycles. The van der Waals surface area contributed by atoms with Gasteiger partial charge in [0.05, 0.1) is 12.7 Å². The number of hydrogen-bond donors (Lipinski definition) is 1. The van der Waals surface area contributed by atoms with Crippen LogP contribution in [0.1, 0.15) is 30.6 Å². The predicted molar refractivity (Wildman–Crippen MR) is 55.1 cm³/mol. The number of aliphatic hydroxyl groups excluding tert-OH is 1. The third kappa shape index (κ3) is 2.14. The highest BCUT2D eigenvalue weighted by Crippen LogP contribution is 2.32. The molecule has 1 fully saturated rings. The van der Waals surface area contributed by atoms with E-state index in [0.717, 1.165) is 19.4 Å². The Morgan fingerprint density at radius 2 is 2.21 bits per heavy atom. The first-order valence-electron chi connectivity index (χ1n) is 5.18. The van der Waals surface area contributed by atoms with Gasteiger partial charge in [0.25, 0.3) is 0 Å².